The van der Waals surface area contributed by atoms with Crippen LogP contribution in [0.3, 0.4) is 0 Å². The third-order valence-electron chi connectivity index (χ3n) is 4.75. The number of rotatable bonds is 4. The summed E-state index contributed by atoms with van der Waals surface area (Å²) in [5.41, 5.74) is 2.11. The van der Waals surface area contributed by atoms with Crippen LogP contribution in [0.1, 0.15) is 19.4 Å². The van der Waals surface area contributed by atoms with Crippen LogP contribution in [0.5, 0.6) is 5.75 Å². The molecule has 0 spiro atoms. The Hall–Kier alpha value is -2.82. The first kappa shape index (κ1) is 15.7. The number of aromatic nitrogens is 2. The molecule has 1 fully saturated rings. The summed E-state index contributed by atoms with van der Waals surface area (Å²) in [7, 11) is 0. The van der Waals surface area contributed by atoms with E-state index in [4.69, 9.17) is 4.74 Å². The van der Waals surface area contributed by atoms with E-state index in [0.717, 1.165) is 29.7 Å². The summed E-state index contributed by atoms with van der Waals surface area (Å²) in [4.78, 5) is 19.1. The molecule has 0 aliphatic carbocycles. The smallest absolute Gasteiger partial charge is 0.263 e. The first-order valence-electron chi connectivity index (χ1n) is 8.64. The Balaban J connectivity index is 1.44. The SMILES string of the molecule is C[C@H](Oc1ccccc1)C(=O)N1CC[C@@H](n2cnc3ccccc32)C1. The number of hydrogen-bond donors (Lipinski definition) is 0. The van der Waals surface area contributed by atoms with E-state index in [2.05, 4.69) is 15.6 Å². The molecule has 5 heteroatoms. The van der Waals surface area contributed by atoms with Gasteiger partial charge in [-0.1, -0.05) is 30.3 Å². The number of imidazole rings is 1. The van der Waals surface area contributed by atoms with Gasteiger partial charge in [-0.2, -0.15) is 0 Å². The van der Waals surface area contributed by atoms with E-state index >= 15 is 0 Å². The molecular formula is C20H21N3O2. The highest BCUT2D eigenvalue weighted by Gasteiger charge is 2.31. The zero-order valence-electron chi connectivity index (χ0n) is 14.2. The van der Waals surface area contributed by atoms with Crippen molar-refractivity contribution in [3.05, 3.63) is 60.9 Å². The Morgan fingerprint density at radius 3 is 2.76 bits per heavy atom. The summed E-state index contributed by atoms with van der Waals surface area (Å²) in [6, 6.07) is 17.8. The molecule has 0 bridgehead atoms. The molecule has 1 aliphatic rings. The number of amides is 1. The molecule has 5 nitrogen and oxygen atoms in total. The number of carbonyl (C=O) groups excluding carboxylic acids is 1. The molecule has 3 aromatic rings. The Morgan fingerprint density at radius 2 is 1.92 bits per heavy atom. The molecule has 2 heterocycles. The van der Waals surface area contributed by atoms with Crippen LogP contribution in [0, 0.1) is 0 Å². The third kappa shape index (κ3) is 3.09. The molecule has 25 heavy (non-hydrogen) atoms. The zero-order valence-corrected chi connectivity index (χ0v) is 14.2. The number of fused-ring (bicyclic) bond motifs is 1. The summed E-state index contributed by atoms with van der Waals surface area (Å²) in [5, 5.41) is 0. The second-order valence-electron chi connectivity index (χ2n) is 6.44. The number of likely N-dealkylation sites (tertiary alicyclic amines) is 1. The number of benzene rings is 2. The van der Waals surface area contributed by atoms with Gasteiger partial charge in [0.2, 0.25) is 0 Å². The minimum Gasteiger partial charge on any atom is -0.481 e. The standard InChI is InChI=1S/C20H21N3O2/c1-15(25-17-7-3-2-4-8-17)20(24)22-12-11-16(13-22)23-14-21-18-9-5-6-10-19(18)23/h2-10,14-16H,11-13H2,1H3/t15-,16+/m0/s1. The van der Waals surface area contributed by atoms with Gasteiger partial charge >= 0.3 is 0 Å². The van der Waals surface area contributed by atoms with Gasteiger partial charge in [-0.15, -0.1) is 0 Å². The van der Waals surface area contributed by atoms with Crippen molar-refractivity contribution in [2.75, 3.05) is 13.1 Å². The Bertz CT molecular complexity index is 875. The van der Waals surface area contributed by atoms with Crippen LogP contribution in [0.25, 0.3) is 11.0 Å². The van der Waals surface area contributed by atoms with Crippen molar-refractivity contribution < 1.29 is 9.53 Å². The van der Waals surface area contributed by atoms with Crippen LogP contribution in [0.15, 0.2) is 60.9 Å². The van der Waals surface area contributed by atoms with Gasteiger partial charge in [0.15, 0.2) is 6.10 Å². The highest BCUT2D eigenvalue weighted by molar-refractivity contribution is 5.81. The molecular weight excluding hydrogens is 314 g/mol. The van der Waals surface area contributed by atoms with Gasteiger partial charge in [0.1, 0.15) is 5.75 Å². The van der Waals surface area contributed by atoms with Crippen LogP contribution >= 0.6 is 0 Å². The number of carbonyl (C=O) groups is 1. The van der Waals surface area contributed by atoms with Crippen molar-refractivity contribution in [2.24, 2.45) is 0 Å². The molecule has 128 valence electrons. The minimum absolute atomic E-state index is 0.0378. The number of para-hydroxylation sites is 3. The van der Waals surface area contributed by atoms with Gasteiger partial charge in [-0.3, -0.25) is 4.79 Å². The lowest BCUT2D eigenvalue weighted by atomic mass is 10.2. The molecule has 2 atom stereocenters. The number of hydrogen-bond acceptors (Lipinski definition) is 3. The highest BCUT2D eigenvalue weighted by atomic mass is 16.5. The first-order valence-corrected chi connectivity index (χ1v) is 8.64. The molecule has 1 amide bonds. The maximum atomic E-state index is 12.7. The van der Waals surface area contributed by atoms with E-state index in [0.29, 0.717) is 6.54 Å². The van der Waals surface area contributed by atoms with Crippen LogP contribution in [0.4, 0.5) is 0 Å². The van der Waals surface area contributed by atoms with E-state index in [1.165, 1.54) is 0 Å². The monoisotopic (exact) mass is 335 g/mol. The summed E-state index contributed by atoms with van der Waals surface area (Å²) < 4.78 is 7.96. The van der Waals surface area contributed by atoms with E-state index < -0.39 is 6.10 Å². The van der Waals surface area contributed by atoms with Crippen molar-refractivity contribution in [1.82, 2.24) is 14.5 Å². The van der Waals surface area contributed by atoms with E-state index in [-0.39, 0.29) is 11.9 Å². The molecule has 2 aromatic carbocycles. The van der Waals surface area contributed by atoms with Crippen molar-refractivity contribution in [3.8, 4) is 5.75 Å². The van der Waals surface area contributed by atoms with Crippen LogP contribution < -0.4 is 4.74 Å². The Labute approximate surface area is 146 Å². The van der Waals surface area contributed by atoms with E-state index in [1.54, 1.807) is 0 Å². The van der Waals surface area contributed by atoms with Crippen molar-refractivity contribution >= 4 is 16.9 Å². The molecule has 0 N–H and O–H groups in total. The minimum atomic E-state index is -0.485. The summed E-state index contributed by atoms with van der Waals surface area (Å²) in [5.74, 6) is 0.760. The largest absolute Gasteiger partial charge is 0.481 e. The summed E-state index contributed by atoms with van der Waals surface area (Å²) in [6.45, 7) is 3.26. The fraction of sp³-hybridized carbons (Fsp3) is 0.300. The molecule has 1 aromatic heterocycles. The fourth-order valence-electron chi connectivity index (χ4n) is 3.45. The van der Waals surface area contributed by atoms with Gasteiger partial charge in [-0.25, -0.2) is 4.98 Å². The normalized spacial score (nSPS) is 18.4. The van der Waals surface area contributed by atoms with Gasteiger partial charge < -0.3 is 14.2 Å². The molecule has 0 radical (unpaired) electrons. The molecule has 4 rings (SSSR count). The topological polar surface area (TPSA) is 47.4 Å². The quantitative estimate of drug-likeness (QED) is 0.735. The van der Waals surface area contributed by atoms with Crippen LogP contribution in [0.2, 0.25) is 0 Å². The van der Waals surface area contributed by atoms with Gasteiger partial charge in [0.05, 0.1) is 23.4 Å². The van der Waals surface area contributed by atoms with Crippen molar-refractivity contribution in [1.29, 1.82) is 0 Å². The van der Waals surface area contributed by atoms with Crippen LogP contribution in [-0.4, -0.2) is 39.6 Å². The van der Waals surface area contributed by atoms with Gasteiger partial charge in [0.25, 0.3) is 5.91 Å². The van der Waals surface area contributed by atoms with E-state index in [1.807, 2.05) is 66.7 Å². The lowest BCUT2D eigenvalue weighted by molar-refractivity contribution is -0.136. The molecule has 1 aliphatic heterocycles. The average molecular weight is 335 g/mol. The highest BCUT2D eigenvalue weighted by Crippen LogP contribution is 2.26. The summed E-state index contributed by atoms with van der Waals surface area (Å²) in [6.07, 6.45) is 2.33. The Morgan fingerprint density at radius 1 is 1.16 bits per heavy atom. The summed E-state index contributed by atoms with van der Waals surface area (Å²) >= 11 is 0. The average Bonchev–Trinajstić information content (AvgIpc) is 3.28. The number of ether oxygens (including phenoxy) is 1. The van der Waals surface area contributed by atoms with Crippen molar-refractivity contribution in [2.45, 2.75) is 25.5 Å². The molecule has 0 saturated carbocycles. The van der Waals surface area contributed by atoms with Gasteiger partial charge in [0, 0.05) is 13.1 Å². The lowest BCUT2D eigenvalue weighted by Gasteiger charge is -2.22. The maximum Gasteiger partial charge on any atom is 0.263 e. The third-order valence-corrected chi connectivity index (χ3v) is 4.75. The molecule has 0 unspecified atom stereocenters. The number of nitrogens with zero attached hydrogens (tertiary/aromatic N) is 3. The first-order chi connectivity index (χ1) is 12.2. The predicted octanol–water partition coefficient (Wildman–Crippen LogP) is 3.28. The fourth-order valence-corrected chi connectivity index (χ4v) is 3.45. The van der Waals surface area contributed by atoms with Crippen LogP contribution in [-0.2, 0) is 4.79 Å². The second-order valence-corrected chi connectivity index (χ2v) is 6.44. The zero-order chi connectivity index (χ0) is 17.2. The Kier molecular flexibility index (Phi) is 4.14. The molecule has 1 saturated heterocycles. The lowest BCUT2D eigenvalue weighted by Crippen LogP contribution is -2.39. The predicted molar refractivity (Wildman–Crippen MR) is 96.5 cm³/mol. The second kappa shape index (κ2) is 6.59. The van der Waals surface area contributed by atoms with E-state index in [9.17, 15) is 4.79 Å². The maximum absolute atomic E-state index is 12.7. The van der Waals surface area contributed by atoms with Crippen molar-refractivity contribution in [3.63, 3.8) is 0 Å². The van der Waals surface area contributed by atoms with Gasteiger partial charge in [-0.05, 0) is 37.6 Å².